The number of hydrogen-bond donors (Lipinski definition) is 1. The Morgan fingerprint density at radius 1 is 1.35 bits per heavy atom. The maximum Gasteiger partial charge on any atom is 0.122 e. The van der Waals surface area contributed by atoms with Crippen molar-refractivity contribution in [3.05, 3.63) is 48.0 Å². The summed E-state index contributed by atoms with van der Waals surface area (Å²) in [5.41, 5.74) is 1.15. The van der Waals surface area contributed by atoms with E-state index in [4.69, 9.17) is 4.74 Å². The van der Waals surface area contributed by atoms with Gasteiger partial charge in [0.25, 0.3) is 0 Å². The zero-order chi connectivity index (χ0) is 14.4. The lowest BCUT2D eigenvalue weighted by molar-refractivity contribution is 0.216. The molecule has 2 rings (SSSR count). The molecule has 1 atom stereocenters. The summed E-state index contributed by atoms with van der Waals surface area (Å²) in [5.74, 6) is 2.18. The van der Waals surface area contributed by atoms with E-state index in [1.807, 2.05) is 42.2 Å². The van der Waals surface area contributed by atoms with E-state index in [0.717, 1.165) is 36.4 Å². The number of aryl methyl sites for hydroxylation is 2. The largest absolute Gasteiger partial charge is 0.496 e. The molecule has 0 spiro atoms. The predicted molar refractivity (Wildman–Crippen MR) is 78.8 cm³/mol. The van der Waals surface area contributed by atoms with Gasteiger partial charge in [0, 0.05) is 32.5 Å². The van der Waals surface area contributed by atoms with Crippen LogP contribution in [0.15, 0.2) is 36.7 Å². The molecule has 0 aliphatic rings. The van der Waals surface area contributed by atoms with Crippen molar-refractivity contribution in [1.29, 1.82) is 0 Å². The number of methoxy groups -OCH3 is 1. The fraction of sp³-hybridized carbons (Fsp3) is 0.438. The Morgan fingerprint density at radius 3 is 2.80 bits per heavy atom. The Morgan fingerprint density at radius 2 is 2.15 bits per heavy atom. The summed E-state index contributed by atoms with van der Waals surface area (Å²) in [6.07, 6.45) is 6.38. The van der Waals surface area contributed by atoms with Crippen molar-refractivity contribution in [3.63, 3.8) is 0 Å². The van der Waals surface area contributed by atoms with E-state index in [1.165, 1.54) is 0 Å². The molecule has 0 saturated heterocycles. The second kappa shape index (κ2) is 7.10. The molecule has 20 heavy (non-hydrogen) atoms. The van der Waals surface area contributed by atoms with Gasteiger partial charge < -0.3 is 14.4 Å². The summed E-state index contributed by atoms with van der Waals surface area (Å²) < 4.78 is 7.39. The molecule has 108 valence electrons. The highest BCUT2D eigenvalue weighted by molar-refractivity contribution is 5.33. The van der Waals surface area contributed by atoms with Crippen LogP contribution in [-0.2, 0) is 19.9 Å². The summed E-state index contributed by atoms with van der Waals surface area (Å²) in [6, 6.07) is 7.99. The highest BCUT2D eigenvalue weighted by Crippen LogP contribution is 2.22. The molecule has 0 radical (unpaired) electrons. The minimum Gasteiger partial charge on any atom is -0.496 e. The van der Waals surface area contributed by atoms with Gasteiger partial charge in [0.15, 0.2) is 0 Å². The second-order valence-corrected chi connectivity index (χ2v) is 5.06. The standard InChI is InChI=1S/C16H22N2O2/c1-18-10-9-17-16(18)8-7-13(12-19)11-14-5-3-4-6-15(14)20-2/h3-6,9-10,13,19H,7-8,11-12H2,1-2H3. The summed E-state index contributed by atoms with van der Waals surface area (Å²) in [4.78, 5) is 4.32. The van der Waals surface area contributed by atoms with Gasteiger partial charge in [-0.3, -0.25) is 0 Å². The number of nitrogens with zero attached hydrogens (tertiary/aromatic N) is 2. The molecule has 0 amide bonds. The van der Waals surface area contributed by atoms with Gasteiger partial charge in [0.2, 0.25) is 0 Å². The highest BCUT2D eigenvalue weighted by atomic mass is 16.5. The van der Waals surface area contributed by atoms with Crippen molar-refractivity contribution in [3.8, 4) is 5.75 Å². The van der Waals surface area contributed by atoms with Crippen molar-refractivity contribution in [2.45, 2.75) is 19.3 Å². The summed E-state index contributed by atoms with van der Waals surface area (Å²) in [6.45, 7) is 0.183. The number of aromatic nitrogens is 2. The van der Waals surface area contributed by atoms with Crippen LogP contribution in [0.1, 0.15) is 17.8 Å². The Labute approximate surface area is 120 Å². The van der Waals surface area contributed by atoms with Gasteiger partial charge >= 0.3 is 0 Å². The summed E-state index contributed by atoms with van der Waals surface area (Å²) >= 11 is 0. The monoisotopic (exact) mass is 274 g/mol. The Kier molecular flexibility index (Phi) is 5.18. The van der Waals surface area contributed by atoms with Crippen LogP contribution in [0.25, 0.3) is 0 Å². The average molecular weight is 274 g/mol. The topological polar surface area (TPSA) is 47.3 Å². The van der Waals surface area contributed by atoms with Crippen molar-refractivity contribution in [2.75, 3.05) is 13.7 Å². The van der Waals surface area contributed by atoms with Crippen LogP contribution in [-0.4, -0.2) is 28.4 Å². The van der Waals surface area contributed by atoms with E-state index >= 15 is 0 Å². The highest BCUT2D eigenvalue weighted by Gasteiger charge is 2.13. The molecule has 0 aliphatic carbocycles. The number of para-hydroxylation sites is 1. The Bertz CT molecular complexity index is 537. The van der Waals surface area contributed by atoms with Gasteiger partial charge in [-0.15, -0.1) is 0 Å². The first-order valence-corrected chi connectivity index (χ1v) is 6.93. The number of imidazole rings is 1. The molecule has 1 aromatic carbocycles. The molecular formula is C16H22N2O2. The van der Waals surface area contributed by atoms with Gasteiger partial charge in [-0.2, -0.15) is 0 Å². The van der Waals surface area contributed by atoms with Crippen LogP contribution in [0, 0.1) is 5.92 Å². The first-order chi connectivity index (χ1) is 9.74. The van der Waals surface area contributed by atoms with E-state index < -0.39 is 0 Å². The van der Waals surface area contributed by atoms with E-state index in [2.05, 4.69) is 11.1 Å². The molecule has 1 heterocycles. The van der Waals surface area contributed by atoms with Gasteiger partial charge in [-0.1, -0.05) is 18.2 Å². The molecule has 1 N–H and O–H groups in total. The van der Waals surface area contributed by atoms with Gasteiger partial charge in [0.1, 0.15) is 11.6 Å². The minimum absolute atomic E-state index is 0.183. The molecule has 0 bridgehead atoms. The van der Waals surface area contributed by atoms with Crippen LogP contribution >= 0.6 is 0 Å². The Balaban J connectivity index is 1.97. The minimum atomic E-state index is 0.183. The third-order valence-corrected chi connectivity index (χ3v) is 3.66. The lowest BCUT2D eigenvalue weighted by Crippen LogP contribution is -2.13. The summed E-state index contributed by atoms with van der Waals surface area (Å²) in [7, 11) is 3.68. The zero-order valence-corrected chi connectivity index (χ0v) is 12.1. The predicted octanol–water partition coefficient (Wildman–Crippen LogP) is 2.21. The molecule has 4 nitrogen and oxygen atoms in total. The smallest absolute Gasteiger partial charge is 0.122 e. The van der Waals surface area contributed by atoms with Gasteiger partial charge in [0.05, 0.1) is 7.11 Å². The first-order valence-electron chi connectivity index (χ1n) is 6.93. The quantitative estimate of drug-likeness (QED) is 0.842. The number of benzene rings is 1. The van der Waals surface area contributed by atoms with Crippen molar-refractivity contribution in [2.24, 2.45) is 13.0 Å². The lowest BCUT2D eigenvalue weighted by Gasteiger charge is -2.16. The third-order valence-electron chi connectivity index (χ3n) is 3.66. The SMILES string of the molecule is COc1ccccc1CC(CO)CCc1nccn1C. The maximum absolute atomic E-state index is 9.58. The molecule has 2 aromatic rings. The fourth-order valence-corrected chi connectivity index (χ4v) is 2.41. The molecule has 0 fully saturated rings. The number of hydrogen-bond acceptors (Lipinski definition) is 3. The van der Waals surface area contributed by atoms with Gasteiger partial charge in [-0.05, 0) is 30.4 Å². The van der Waals surface area contributed by atoms with Crippen molar-refractivity contribution in [1.82, 2.24) is 9.55 Å². The molecule has 1 aromatic heterocycles. The van der Waals surface area contributed by atoms with Crippen LogP contribution in [0.4, 0.5) is 0 Å². The van der Waals surface area contributed by atoms with E-state index in [-0.39, 0.29) is 12.5 Å². The average Bonchev–Trinajstić information content (AvgIpc) is 2.89. The molecular weight excluding hydrogens is 252 g/mol. The molecule has 0 aliphatic heterocycles. The first kappa shape index (κ1) is 14.6. The zero-order valence-electron chi connectivity index (χ0n) is 12.1. The number of rotatable bonds is 7. The van der Waals surface area contributed by atoms with Crippen molar-refractivity contribution >= 4 is 0 Å². The van der Waals surface area contributed by atoms with Crippen LogP contribution < -0.4 is 4.74 Å². The molecule has 0 saturated carbocycles. The van der Waals surface area contributed by atoms with Crippen LogP contribution in [0.2, 0.25) is 0 Å². The van der Waals surface area contributed by atoms with E-state index in [0.29, 0.717) is 0 Å². The number of ether oxygens (including phenoxy) is 1. The van der Waals surface area contributed by atoms with E-state index in [1.54, 1.807) is 7.11 Å². The Hall–Kier alpha value is -1.81. The normalized spacial score (nSPS) is 12.3. The fourth-order valence-electron chi connectivity index (χ4n) is 2.41. The maximum atomic E-state index is 9.58. The van der Waals surface area contributed by atoms with Crippen LogP contribution in [0.5, 0.6) is 5.75 Å². The molecule has 4 heteroatoms. The summed E-state index contributed by atoms with van der Waals surface area (Å²) in [5, 5.41) is 9.58. The number of aliphatic hydroxyl groups excluding tert-OH is 1. The van der Waals surface area contributed by atoms with Crippen molar-refractivity contribution < 1.29 is 9.84 Å². The van der Waals surface area contributed by atoms with E-state index in [9.17, 15) is 5.11 Å². The van der Waals surface area contributed by atoms with Crippen LogP contribution in [0.3, 0.4) is 0 Å². The third kappa shape index (κ3) is 3.61. The lowest BCUT2D eigenvalue weighted by atomic mass is 9.95. The van der Waals surface area contributed by atoms with Gasteiger partial charge in [-0.25, -0.2) is 4.98 Å². The molecule has 1 unspecified atom stereocenters. The second-order valence-electron chi connectivity index (χ2n) is 5.06. The number of aliphatic hydroxyl groups is 1.